The molecule has 74 valence electrons. The van der Waals surface area contributed by atoms with Crippen molar-refractivity contribution in [2.24, 2.45) is 5.41 Å². The van der Waals surface area contributed by atoms with Gasteiger partial charge in [-0.3, -0.25) is 14.5 Å². The average Bonchev–Trinajstić information content (AvgIpc) is 2.13. The highest BCUT2D eigenvalue weighted by molar-refractivity contribution is 5.98. The van der Waals surface area contributed by atoms with Crippen LogP contribution in [-0.2, 0) is 9.59 Å². The number of hydrogen-bond acceptors (Lipinski definition) is 2. The van der Waals surface area contributed by atoms with Crippen LogP contribution < -0.4 is 0 Å². The van der Waals surface area contributed by atoms with E-state index >= 15 is 0 Å². The molecule has 1 saturated heterocycles. The van der Waals surface area contributed by atoms with Crippen LogP contribution in [0.3, 0.4) is 0 Å². The van der Waals surface area contributed by atoms with Crippen molar-refractivity contribution in [2.75, 3.05) is 7.05 Å². The molecule has 1 heterocycles. The van der Waals surface area contributed by atoms with E-state index < -0.39 is 0 Å². The Bertz CT molecular complexity index is 211. The predicted octanol–water partition coefficient (Wildman–Crippen LogP) is 1.57. The molecular weight excluding hydrogens is 166 g/mol. The van der Waals surface area contributed by atoms with Crippen molar-refractivity contribution < 1.29 is 9.59 Å². The minimum atomic E-state index is -0.0549. The second-order valence-corrected chi connectivity index (χ2v) is 3.91. The van der Waals surface area contributed by atoms with Crippen molar-refractivity contribution in [3.05, 3.63) is 0 Å². The van der Waals surface area contributed by atoms with Gasteiger partial charge < -0.3 is 0 Å². The van der Waals surface area contributed by atoms with Gasteiger partial charge in [-0.2, -0.15) is 0 Å². The van der Waals surface area contributed by atoms with Crippen LogP contribution in [0.4, 0.5) is 0 Å². The van der Waals surface area contributed by atoms with Crippen molar-refractivity contribution in [3.63, 3.8) is 0 Å². The fourth-order valence-electron chi connectivity index (χ4n) is 1.83. The van der Waals surface area contributed by atoms with E-state index in [-0.39, 0.29) is 17.2 Å². The van der Waals surface area contributed by atoms with Crippen LogP contribution in [0.1, 0.15) is 39.5 Å². The monoisotopic (exact) mass is 183 g/mol. The van der Waals surface area contributed by atoms with Crippen molar-refractivity contribution in [1.29, 1.82) is 0 Å². The lowest BCUT2D eigenvalue weighted by atomic mass is 9.73. The molecule has 0 radical (unpaired) electrons. The van der Waals surface area contributed by atoms with E-state index in [1.165, 1.54) is 4.90 Å². The first-order valence-corrected chi connectivity index (χ1v) is 4.84. The van der Waals surface area contributed by atoms with E-state index in [1.54, 1.807) is 7.05 Å². The highest BCUT2D eigenvalue weighted by atomic mass is 16.2. The number of carbonyl (C=O) groups excluding carboxylic acids is 2. The minimum Gasteiger partial charge on any atom is -0.286 e. The molecule has 0 aromatic carbocycles. The topological polar surface area (TPSA) is 37.4 Å². The molecule has 2 amide bonds. The fraction of sp³-hybridized carbons (Fsp3) is 0.800. The van der Waals surface area contributed by atoms with Crippen LogP contribution >= 0.6 is 0 Å². The molecule has 0 unspecified atom stereocenters. The molecule has 0 saturated carbocycles. The van der Waals surface area contributed by atoms with Crippen molar-refractivity contribution >= 4 is 11.8 Å². The van der Waals surface area contributed by atoms with Gasteiger partial charge in [0.15, 0.2) is 0 Å². The summed E-state index contributed by atoms with van der Waals surface area (Å²) in [4.78, 5) is 24.1. The molecule has 0 spiro atoms. The van der Waals surface area contributed by atoms with E-state index in [0.29, 0.717) is 12.8 Å². The summed E-state index contributed by atoms with van der Waals surface area (Å²) in [7, 11) is 1.57. The molecule has 0 N–H and O–H groups in total. The molecule has 1 aliphatic heterocycles. The largest absolute Gasteiger partial charge is 0.286 e. The standard InChI is InChI=1S/C10H17NO2/c1-4-10(5-2)6-8(12)11(3)9(13)7-10/h4-7H2,1-3H3. The Morgan fingerprint density at radius 1 is 1.15 bits per heavy atom. The Morgan fingerprint density at radius 2 is 1.54 bits per heavy atom. The lowest BCUT2D eigenvalue weighted by Gasteiger charge is -2.37. The molecule has 0 bridgehead atoms. The van der Waals surface area contributed by atoms with Gasteiger partial charge in [-0.05, 0) is 18.3 Å². The molecule has 1 fully saturated rings. The highest BCUT2D eigenvalue weighted by Crippen LogP contribution is 2.38. The van der Waals surface area contributed by atoms with Crippen LogP contribution in [0, 0.1) is 5.41 Å². The summed E-state index contributed by atoms with van der Waals surface area (Å²) in [5, 5.41) is 0. The summed E-state index contributed by atoms with van der Waals surface area (Å²) in [6.07, 6.45) is 2.88. The van der Waals surface area contributed by atoms with Gasteiger partial charge in [-0.25, -0.2) is 0 Å². The zero-order valence-corrected chi connectivity index (χ0v) is 8.59. The van der Waals surface area contributed by atoms with Gasteiger partial charge in [0.05, 0.1) is 0 Å². The Balaban J connectivity index is 2.83. The van der Waals surface area contributed by atoms with E-state index in [9.17, 15) is 9.59 Å². The third-order valence-corrected chi connectivity index (χ3v) is 3.30. The number of likely N-dealkylation sites (tertiary alicyclic amines) is 1. The maximum absolute atomic E-state index is 11.4. The summed E-state index contributed by atoms with van der Waals surface area (Å²) in [5.74, 6) is -0.0556. The number of amides is 2. The average molecular weight is 183 g/mol. The zero-order chi connectivity index (χ0) is 10.1. The van der Waals surface area contributed by atoms with Gasteiger partial charge in [0, 0.05) is 19.9 Å². The lowest BCUT2D eigenvalue weighted by Crippen LogP contribution is -2.45. The first-order chi connectivity index (χ1) is 6.04. The van der Waals surface area contributed by atoms with Crippen molar-refractivity contribution in [1.82, 2.24) is 4.90 Å². The maximum Gasteiger partial charge on any atom is 0.229 e. The van der Waals surface area contributed by atoms with Gasteiger partial charge in [-0.1, -0.05) is 13.8 Å². The summed E-state index contributed by atoms with van der Waals surface area (Å²) in [5.41, 5.74) is -0.0549. The Labute approximate surface area is 79.1 Å². The normalized spacial score (nSPS) is 22.2. The van der Waals surface area contributed by atoms with Crippen molar-refractivity contribution in [2.45, 2.75) is 39.5 Å². The SMILES string of the molecule is CCC1(CC)CC(=O)N(C)C(=O)C1. The number of hydrogen-bond donors (Lipinski definition) is 0. The molecule has 0 aromatic rings. The van der Waals surface area contributed by atoms with E-state index in [2.05, 4.69) is 13.8 Å². The van der Waals surface area contributed by atoms with Gasteiger partial charge in [0.25, 0.3) is 0 Å². The number of nitrogens with zero attached hydrogens (tertiary/aromatic N) is 1. The summed E-state index contributed by atoms with van der Waals surface area (Å²) in [6.45, 7) is 4.10. The number of carbonyl (C=O) groups is 2. The third-order valence-electron chi connectivity index (χ3n) is 3.30. The lowest BCUT2D eigenvalue weighted by molar-refractivity contribution is -0.151. The minimum absolute atomic E-state index is 0.0278. The van der Waals surface area contributed by atoms with Crippen LogP contribution in [0.5, 0.6) is 0 Å². The molecule has 13 heavy (non-hydrogen) atoms. The molecule has 0 aliphatic carbocycles. The summed E-state index contributed by atoms with van der Waals surface area (Å²) < 4.78 is 0. The van der Waals surface area contributed by atoms with Gasteiger partial charge in [0.1, 0.15) is 0 Å². The van der Waals surface area contributed by atoms with Crippen LogP contribution in [0.2, 0.25) is 0 Å². The number of rotatable bonds is 2. The van der Waals surface area contributed by atoms with Gasteiger partial charge in [0.2, 0.25) is 11.8 Å². The Kier molecular flexibility index (Phi) is 2.74. The van der Waals surface area contributed by atoms with Crippen LogP contribution in [-0.4, -0.2) is 23.8 Å². The summed E-state index contributed by atoms with van der Waals surface area (Å²) in [6, 6.07) is 0. The van der Waals surface area contributed by atoms with Crippen molar-refractivity contribution in [3.8, 4) is 0 Å². The first-order valence-electron chi connectivity index (χ1n) is 4.84. The molecule has 1 aliphatic rings. The highest BCUT2D eigenvalue weighted by Gasteiger charge is 2.39. The van der Waals surface area contributed by atoms with E-state index in [0.717, 1.165) is 12.8 Å². The predicted molar refractivity (Wildman–Crippen MR) is 50.0 cm³/mol. The number of piperidine rings is 1. The smallest absolute Gasteiger partial charge is 0.229 e. The second kappa shape index (κ2) is 3.48. The maximum atomic E-state index is 11.4. The molecule has 1 rings (SSSR count). The third kappa shape index (κ3) is 1.74. The number of imide groups is 1. The molecule has 3 nitrogen and oxygen atoms in total. The van der Waals surface area contributed by atoms with E-state index in [4.69, 9.17) is 0 Å². The quantitative estimate of drug-likeness (QED) is 0.609. The molecular formula is C10H17NO2. The fourth-order valence-corrected chi connectivity index (χ4v) is 1.83. The Morgan fingerprint density at radius 3 is 1.85 bits per heavy atom. The van der Waals surface area contributed by atoms with Crippen LogP contribution in [0.25, 0.3) is 0 Å². The Hall–Kier alpha value is -0.860. The molecule has 0 atom stereocenters. The van der Waals surface area contributed by atoms with Crippen LogP contribution in [0.15, 0.2) is 0 Å². The zero-order valence-electron chi connectivity index (χ0n) is 8.59. The van der Waals surface area contributed by atoms with E-state index in [1.807, 2.05) is 0 Å². The second-order valence-electron chi connectivity index (χ2n) is 3.91. The molecule has 0 aromatic heterocycles. The first kappa shape index (κ1) is 10.2. The van der Waals surface area contributed by atoms with Gasteiger partial charge in [-0.15, -0.1) is 0 Å². The van der Waals surface area contributed by atoms with Gasteiger partial charge >= 0.3 is 0 Å². The molecule has 3 heteroatoms. The summed E-state index contributed by atoms with van der Waals surface area (Å²) >= 11 is 0.